The molecule has 6 nitrogen and oxygen atoms in total. The van der Waals surface area contributed by atoms with Crippen LogP contribution in [-0.4, -0.2) is 19.6 Å². The molecule has 3 heterocycles. The molecule has 0 spiro atoms. The van der Waals surface area contributed by atoms with Crippen molar-refractivity contribution in [1.29, 1.82) is 0 Å². The Bertz CT molecular complexity index is 838. The summed E-state index contributed by atoms with van der Waals surface area (Å²) in [4.78, 5) is 20.6. The van der Waals surface area contributed by atoms with Crippen LogP contribution in [0, 0.1) is 6.92 Å². The highest BCUT2D eigenvalue weighted by Gasteiger charge is 2.24. The van der Waals surface area contributed by atoms with Crippen molar-refractivity contribution < 1.29 is 0 Å². The smallest absolute Gasteiger partial charge is 0.274 e. The number of fused-ring (bicyclic) bond motifs is 2. The van der Waals surface area contributed by atoms with Gasteiger partial charge in [-0.3, -0.25) is 9.89 Å². The maximum absolute atomic E-state index is 11.9. The van der Waals surface area contributed by atoms with Crippen LogP contribution in [0.3, 0.4) is 0 Å². The predicted molar refractivity (Wildman–Crippen MR) is 74.9 cm³/mol. The fourth-order valence-corrected chi connectivity index (χ4v) is 2.63. The highest BCUT2D eigenvalue weighted by molar-refractivity contribution is 5.57. The lowest BCUT2D eigenvalue weighted by Gasteiger charge is -2.06. The Hall–Kier alpha value is -2.63. The van der Waals surface area contributed by atoms with E-state index in [0.29, 0.717) is 11.5 Å². The summed E-state index contributed by atoms with van der Waals surface area (Å²) < 4.78 is 1.38. The van der Waals surface area contributed by atoms with Gasteiger partial charge in [-0.1, -0.05) is 18.2 Å². The Morgan fingerprint density at radius 1 is 1.30 bits per heavy atom. The van der Waals surface area contributed by atoms with E-state index in [1.165, 1.54) is 16.1 Å². The second-order valence-corrected chi connectivity index (χ2v) is 5.04. The van der Waals surface area contributed by atoms with Crippen molar-refractivity contribution in [2.75, 3.05) is 5.32 Å². The molecule has 20 heavy (non-hydrogen) atoms. The van der Waals surface area contributed by atoms with Crippen LogP contribution in [0.1, 0.15) is 23.1 Å². The number of aromatic nitrogens is 4. The molecule has 2 aromatic heterocycles. The summed E-state index contributed by atoms with van der Waals surface area (Å²) in [6, 6.07) is 9.71. The molecule has 0 saturated carbocycles. The van der Waals surface area contributed by atoms with Gasteiger partial charge in [0.2, 0.25) is 0 Å². The standard InChI is InChI=1S/C14H13N5O/c1-8-6-12(20)19-14(15-8)17-13(18-19)11-7-9-4-2-3-5-10(9)16-11/h2-6,11,16H,7H2,1H3,(H,15,17,18). The van der Waals surface area contributed by atoms with Crippen LogP contribution in [0.2, 0.25) is 0 Å². The normalized spacial score (nSPS) is 17.1. The van der Waals surface area contributed by atoms with Gasteiger partial charge in [0.15, 0.2) is 0 Å². The van der Waals surface area contributed by atoms with Gasteiger partial charge in [0.25, 0.3) is 11.3 Å². The lowest BCUT2D eigenvalue weighted by molar-refractivity contribution is 0.736. The van der Waals surface area contributed by atoms with E-state index in [0.717, 1.165) is 17.9 Å². The summed E-state index contributed by atoms with van der Waals surface area (Å²) in [5, 5.41) is 6.44. The van der Waals surface area contributed by atoms with Gasteiger partial charge < -0.3 is 5.32 Å². The van der Waals surface area contributed by atoms with Crippen molar-refractivity contribution >= 4 is 11.5 Å². The van der Waals surface area contributed by atoms with Crippen molar-refractivity contribution in [3.05, 3.63) is 57.8 Å². The number of nitrogens with zero attached hydrogens (tertiary/aromatic N) is 3. The van der Waals surface area contributed by atoms with Gasteiger partial charge in [-0.2, -0.15) is 9.50 Å². The fraction of sp³-hybridized carbons (Fsp3) is 0.214. The average molecular weight is 267 g/mol. The van der Waals surface area contributed by atoms with Crippen molar-refractivity contribution in [1.82, 2.24) is 19.6 Å². The molecular weight excluding hydrogens is 254 g/mol. The molecule has 1 atom stereocenters. The molecule has 0 bridgehead atoms. The molecular formula is C14H13N5O. The lowest BCUT2D eigenvalue weighted by atomic mass is 10.1. The van der Waals surface area contributed by atoms with Crippen LogP contribution in [0.5, 0.6) is 0 Å². The van der Waals surface area contributed by atoms with E-state index in [9.17, 15) is 4.79 Å². The first-order valence-corrected chi connectivity index (χ1v) is 6.51. The first-order chi connectivity index (χ1) is 9.70. The third kappa shape index (κ3) is 1.61. The molecule has 1 unspecified atom stereocenters. The van der Waals surface area contributed by atoms with Gasteiger partial charge in [-0.15, -0.1) is 0 Å². The van der Waals surface area contributed by atoms with Gasteiger partial charge in [-0.25, -0.2) is 4.98 Å². The van der Waals surface area contributed by atoms with Gasteiger partial charge in [-0.05, 0) is 18.6 Å². The molecule has 1 aromatic carbocycles. The second kappa shape index (κ2) is 3.93. The maximum Gasteiger partial charge on any atom is 0.274 e. The van der Waals surface area contributed by atoms with Crippen molar-refractivity contribution in [3.63, 3.8) is 0 Å². The van der Waals surface area contributed by atoms with E-state index >= 15 is 0 Å². The Morgan fingerprint density at radius 2 is 2.15 bits per heavy atom. The van der Waals surface area contributed by atoms with Gasteiger partial charge in [0.05, 0.1) is 6.04 Å². The molecule has 0 amide bonds. The Labute approximate surface area is 114 Å². The number of H-pyrrole nitrogens is 1. The largest absolute Gasteiger partial charge is 0.375 e. The summed E-state index contributed by atoms with van der Waals surface area (Å²) in [5.41, 5.74) is 2.92. The van der Waals surface area contributed by atoms with E-state index in [1.807, 2.05) is 18.2 Å². The topological polar surface area (TPSA) is 75.1 Å². The monoisotopic (exact) mass is 267 g/mol. The van der Waals surface area contributed by atoms with Crippen molar-refractivity contribution in [3.8, 4) is 0 Å². The van der Waals surface area contributed by atoms with Crippen LogP contribution >= 0.6 is 0 Å². The Morgan fingerprint density at radius 3 is 3.00 bits per heavy atom. The summed E-state index contributed by atoms with van der Waals surface area (Å²) in [7, 11) is 0. The SMILES string of the molecule is Cc1cc(=O)n2[nH]c(C3Cc4ccccc4N3)nc2n1. The van der Waals surface area contributed by atoms with Crippen LogP contribution in [0.15, 0.2) is 35.1 Å². The van der Waals surface area contributed by atoms with E-state index in [-0.39, 0.29) is 11.6 Å². The summed E-state index contributed by atoms with van der Waals surface area (Å²) >= 11 is 0. The summed E-state index contributed by atoms with van der Waals surface area (Å²) in [5.74, 6) is 1.15. The van der Waals surface area contributed by atoms with Gasteiger partial charge in [0, 0.05) is 23.9 Å². The number of benzene rings is 1. The molecule has 2 N–H and O–H groups in total. The molecule has 1 aliphatic rings. The zero-order valence-electron chi connectivity index (χ0n) is 10.9. The number of aryl methyl sites for hydroxylation is 1. The van der Waals surface area contributed by atoms with Crippen molar-refractivity contribution in [2.45, 2.75) is 19.4 Å². The number of aromatic amines is 1. The fourth-order valence-electron chi connectivity index (χ4n) is 2.63. The molecule has 0 saturated heterocycles. The van der Waals surface area contributed by atoms with Gasteiger partial charge >= 0.3 is 0 Å². The second-order valence-electron chi connectivity index (χ2n) is 5.04. The van der Waals surface area contributed by atoms with E-state index in [2.05, 4.69) is 26.4 Å². The van der Waals surface area contributed by atoms with E-state index < -0.39 is 0 Å². The minimum absolute atomic E-state index is 0.0498. The van der Waals surface area contributed by atoms with E-state index in [4.69, 9.17) is 0 Å². The summed E-state index contributed by atoms with van der Waals surface area (Å²) in [6.45, 7) is 1.79. The number of anilines is 1. The van der Waals surface area contributed by atoms with Crippen LogP contribution in [-0.2, 0) is 6.42 Å². The minimum Gasteiger partial charge on any atom is -0.375 e. The number of rotatable bonds is 1. The van der Waals surface area contributed by atoms with Crippen LogP contribution < -0.4 is 10.9 Å². The molecule has 0 aliphatic carbocycles. The zero-order valence-corrected chi connectivity index (χ0v) is 10.9. The molecule has 100 valence electrons. The molecule has 3 aromatic rings. The Balaban J connectivity index is 1.78. The maximum atomic E-state index is 11.9. The number of hydrogen-bond acceptors (Lipinski definition) is 4. The molecule has 1 aliphatic heterocycles. The minimum atomic E-state index is -0.137. The molecule has 0 fully saturated rings. The zero-order chi connectivity index (χ0) is 13.7. The third-order valence-electron chi connectivity index (χ3n) is 3.58. The highest BCUT2D eigenvalue weighted by Crippen LogP contribution is 2.32. The lowest BCUT2D eigenvalue weighted by Crippen LogP contribution is -2.15. The predicted octanol–water partition coefficient (Wildman–Crippen LogP) is 1.44. The first-order valence-electron chi connectivity index (χ1n) is 6.51. The third-order valence-corrected chi connectivity index (χ3v) is 3.58. The number of nitrogens with one attached hydrogen (secondary N) is 2. The number of para-hydroxylation sites is 1. The molecule has 6 heteroatoms. The highest BCUT2D eigenvalue weighted by atomic mass is 16.1. The van der Waals surface area contributed by atoms with Crippen LogP contribution in [0.25, 0.3) is 5.78 Å². The average Bonchev–Trinajstić information content (AvgIpc) is 3.01. The van der Waals surface area contributed by atoms with Crippen molar-refractivity contribution in [2.24, 2.45) is 0 Å². The first kappa shape index (κ1) is 11.2. The molecule has 4 rings (SSSR count). The van der Waals surface area contributed by atoms with Crippen LogP contribution in [0.4, 0.5) is 5.69 Å². The summed E-state index contributed by atoms with van der Waals surface area (Å²) in [6.07, 6.45) is 0.851. The van der Waals surface area contributed by atoms with Gasteiger partial charge in [0.1, 0.15) is 5.82 Å². The number of hydrogen-bond donors (Lipinski definition) is 2. The van der Waals surface area contributed by atoms with E-state index in [1.54, 1.807) is 6.92 Å². The molecule has 0 radical (unpaired) electrons. The quantitative estimate of drug-likeness (QED) is 0.699. The Kier molecular flexibility index (Phi) is 2.20.